The molecule has 0 aliphatic heterocycles. The summed E-state index contributed by atoms with van der Waals surface area (Å²) in [6.45, 7) is 16.8. The summed E-state index contributed by atoms with van der Waals surface area (Å²) >= 11 is 0. The Balaban J connectivity index is 2.72. The molecule has 0 aliphatic rings. The molecule has 0 aliphatic carbocycles. The van der Waals surface area contributed by atoms with Gasteiger partial charge in [-0.05, 0) is 58.6 Å². The highest BCUT2D eigenvalue weighted by Crippen LogP contribution is 2.37. The summed E-state index contributed by atoms with van der Waals surface area (Å²) in [4.78, 5) is 11.2. The van der Waals surface area contributed by atoms with E-state index in [1.807, 2.05) is 19.1 Å². The average molecular weight is 395 g/mol. The lowest BCUT2D eigenvalue weighted by molar-refractivity contribution is -0.131. The number of hydrogen-bond donors (Lipinski definition) is 2. The molecule has 3 nitrogen and oxygen atoms in total. The van der Waals surface area contributed by atoms with Crippen molar-refractivity contribution < 1.29 is 15.0 Å². The minimum atomic E-state index is -0.968. The van der Waals surface area contributed by atoms with Gasteiger partial charge in [0.2, 0.25) is 0 Å². The maximum Gasteiger partial charge on any atom is 0.328 e. The number of phenolic OH excluding ortho intramolecular Hbond substituents is 1. The zero-order valence-electron chi connectivity index (χ0n) is 19.0. The number of carboxylic acid groups (broad SMARTS) is 1. The monoisotopic (exact) mass is 394 g/mol. The summed E-state index contributed by atoms with van der Waals surface area (Å²) in [7, 11) is 0. The lowest BCUT2D eigenvalue weighted by Gasteiger charge is -2.26. The van der Waals surface area contributed by atoms with Crippen LogP contribution in [0, 0.1) is 13.8 Å². The molecule has 0 radical (unpaired) electrons. The minimum Gasteiger partial charge on any atom is -0.507 e. The van der Waals surface area contributed by atoms with Gasteiger partial charge < -0.3 is 10.2 Å². The van der Waals surface area contributed by atoms with Crippen molar-refractivity contribution in [3.8, 4) is 5.75 Å². The van der Waals surface area contributed by atoms with Crippen LogP contribution in [-0.2, 0) is 22.0 Å². The third-order valence-electron chi connectivity index (χ3n) is 5.13. The summed E-state index contributed by atoms with van der Waals surface area (Å²) in [5, 5.41) is 20.2. The first kappa shape index (κ1) is 22.7. The molecule has 2 aromatic carbocycles. The van der Waals surface area contributed by atoms with Crippen molar-refractivity contribution in [3.63, 3.8) is 0 Å². The molecule has 0 amide bonds. The maximum atomic E-state index is 11.2. The van der Waals surface area contributed by atoms with E-state index in [1.54, 1.807) is 6.08 Å². The smallest absolute Gasteiger partial charge is 0.328 e. The standard InChI is InChI=1S/C26H34O3/c1-16-11-18(20(9-10-23(27)28)21(13-16)25(3,4)5)15-19-12-17(2)14-22(24(19)29)26(6,7)8/h9-14,29H,15H2,1-8H3,(H,27,28). The van der Waals surface area contributed by atoms with Crippen LogP contribution in [0.1, 0.15) is 80.5 Å². The van der Waals surface area contributed by atoms with Gasteiger partial charge in [0.1, 0.15) is 5.75 Å². The molecule has 2 rings (SSSR count). The normalized spacial score (nSPS) is 12.6. The van der Waals surface area contributed by atoms with Crippen LogP contribution in [0.25, 0.3) is 6.08 Å². The topological polar surface area (TPSA) is 57.5 Å². The molecule has 0 saturated carbocycles. The molecular weight excluding hydrogens is 360 g/mol. The zero-order chi connectivity index (χ0) is 22.1. The zero-order valence-corrected chi connectivity index (χ0v) is 19.0. The molecular formula is C26H34O3. The van der Waals surface area contributed by atoms with E-state index in [0.717, 1.165) is 38.9 Å². The molecule has 0 atom stereocenters. The Morgan fingerprint density at radius 2 is 1.34 bits per heavy atom. The summed E-state index contributed by atoms with van der Waals surface area (Å²) in [5.74, 6) is -0.639. The van der Waals surface area contributed by atoms with Crippen molar-refractivity contribution in [1.29, 1.82) is 0 Å². The van der Waals surface area contributed by atoms with E-state index in [0.29, 0.717) is 12.2 Å². The third kappa shape index (κ3) is 5.50. The van der Waals surface area contributed by atoms with Crippen LogP contribution in [0.15, 0.2) is 30.3 Å². The quantitative estimate of drug-likeness (QED) is 0.599. The Labute approximate surface area is 175 Å². The predicted octanol–water partition coefficient (Wildman–Crippen LogP) is 6.29. The number of carbonyl (C=O) groups is 1. The number of benzene rings is 2. The molecule has 156 valence electrons. The van der Waals surface area contributed by atoms with Crippen molar-refractivity contribution in [1.82, 2.24) is 0 Å². The van der Waals surface area contributed by atoms with E-state index in [9.17, 15) is 15.0 Å². The number of phenols is 1. The van der Waals surface area contributed by atoms with E-state index >= 15 is 0 Å². The van der Waals surface area contributed by atoms with Gasteiger partial charge in [-0.15, -0.1) is 0 Å². The molecule has 0 fully saturated rings. The van der Waals surface area contributed by atoms with Crippen LogP contribution in [0.3, 0.4) is 0 Å². The van der Waals surface area contributed by atoms with Gasteiger partial charge in [-0.25, -0.2) is 4.79 Å². The van der Waals surface area contributed by atoms with E-state index in [4.69, 9.17) is 0 Å². The Morgan fingerprint density at radius 3 is 1.83 bits per heavy atom. The number of hydrogen-bond acceptors (Lipinski definition) is 2. The summed E-state index contributed by atoms with van der Waals surface area (Å²) in [6, 6.07) is 8.28. The van der Waals surface area contributed by atoms with Crippen molar-refractivity contribution >= 4 is 12.0 Å². The van der Waals surface area contributed by atoms with Crippen molar-refractivity contribution in [2.24, 2.45) is 0 Å². The fourth-order valence-corrected chi connectivity index (χ4v) is 3.76. The van der Waals surface area contributed by atoms with Crippen LogP contribution < -0.4 is 0 Å². The average Bonchev–Trinajstić information content (AvgIpc) is 2.54. The van der Waals surface area contributed by atoms with E-state index in [2.05, 4.69) is 60.6 Å². The number of aromatic hydroxyl groups is 1. The molecule has 0 aromatic heterocycles. The Bertz CT molecular complexity index is 951. The molecule has 0 bridgehead atoms. The van der Waals surface area contributed by atoms with Crippen LogP contribution in [-0.4, -0.2) is 16.2 Å². The molecule has 3 heteroatoms. The molecule has 2 aromatic rings. The van der Waals surface area contributed by atoms with Crippen molar-refractivity contribution in [3.05, 3.63) is 69.3 Å². The van der Waals surface area contributed by atoms with Crippen molar-refractivity contribution in [2.75, 3.05) is 0 Å². The number of carboxylic acids is 1. The molecule has 2 N–H and O–H groups in total. The number of rotatable bonds is 4. The first-order valence-corrected chi connectivity index (χ1v) is 10.1. The Kier molecular flexibility index (Phi) is 6.32. The van der Waals surface area contributed by atoms with E-state index in [1.165, 1.54) is 6.08 Å². The van der Waals surface area contributed by atoms with Gasteiger partial charge >= 0.3 is 5.97 Å². The second kappa shape index (κ2) is 8.06. The van der Waals surface area contributed by atoms with Crippen LogP contribution in [0.4, 0.5) is 0 Å². The lowest BCUT2D eigenvalue weighted by atomic mass is 9.79. The highest BCUT2D eigenvalue weighted by atomic mass is 16.4. The first-order valence-electron chi connectivity index (χ1n) is 10.1. The summed E-state index contributed by atoms with van der Waals surface area (Å²) in [5.41, 5.74) is 6.77. The number of aliphatic carboxylic acids is 1. The fraction of sp³-hybridized carbons (Fsp3) is 0.423. The predicted molar refractivity (Wildman–Crippen MR) is 121 cm³/mol. The SMILES string of the molecule is Cc1cc(Cc2cc(C)cc(C(C)(C)C)c2C=CC(=O)O)c(O)c(C(C)(C)C)c1. The van der Waals surface area contributed by atoms with Gasteiger partial charge in [0, 0.05) is 12.5 Å². The second-order valence-corrected chi connectivity index (χ2v) is 10.1. The van der Waals surface area contributed by atoms with Crippen molar-refractivity contribution in [2.45, 2.75) is 72.6 Å². The van der Waals surface area contributed by atoms with Gasteiger partial charge in [-0.2, -0.15) is 0 Å². The van der Waals surface area contributed by atoms with Crippen LogP contribution in [0.5, 0.6) is 5.75 Å². The van der Waals surface area contributed by atoms with Crippen LogP contribution >= 0.6 is 0 Å². The number of aryl methyl sites for hydroxylation is 2. The highest BCUT2D eigenvalue weighted by Gasteiger charge is 2.23. The lowest BCUT2D eigenvalue weighted by Crippen LogP contribution is -2.15. The summed E-state index contributed by atoms with van der Waals surface area (Å²) in [6.07, 6.45) is 3.43. The fourth-order valence-electron chi connectivity index (χ4n) is 3.76. The van der Waals surface area contributed by atoms with Gasteiger partial charge in [-0.3, -0.25) is 0 Å². The Hall–Kier alpha value is -2.55. The molecule has 29 heavy (non-hydrogen) atoms. The third-order valence-corrected chi connectivity index (χ3v) is 5.13. The molecule has 0 spiro atoms. The Morgan fingerprint density at radius 1 is 0.862 bits per heavy atom. The van der Waals surface area contributed by atoms with Gasteiger partial charge in [0.25, 0.3) is 0 Å². The van der Waals surface area contributed by atoms with Gasteiger partial charge in [0.15, 0.2) is 0 Å². The largest absolute Gasteiger partial charge is 0.507 e. The van der Waals surface area contributed by atoms with Gasteiger partial charge in [-0.1, -0.05) is 76.9 Å². The maximum absolute atomic E-state index is 11.2. The second-order valence-electron chi connectivity index (χ2n) is 10.1. The molecule has 0 unspecified atom stereocenters. The minimum absolute atomic E-state index is 0.135. The summed E-state index contributed by atoms with van der Waals surface area (Å²) < 4.78 is 0. The van der Waals surface area contributed by atoms with E-state index < -0.39 is 5.97 Å². The van der Waals surface area contributed by atoms with E-state index in [-0.39, 0.29) is 10.8 Å². The van der Waals surface area contributed by atoms with Crippen LogP contribution in [0.2, 0.25) is 0 Å². The highest BCUT2D eigenvalue weighted by molar-refractivity contribution is 5.86. The molecule has 0 heterocycles. The first-order chi connectivity index (χ1) is 13.2. The molecule has 0 saturated heterocycles. The van der Waals surface area contributed by atoms with Gasteiger partial charge in [0.05, 0.1) is 0 Å².